The van der Waals surface area contributed by atoms with Crippen LogP contribution in [0, 0.1) is 0 Å². The molecule has 1 amide bonds. The number of carbonyl (C=O) groups is 1. The molecule has 2 N–H and O–H groups in total. The molecule has 3 aromatic heterocycles. The van der Waals surface area contributed by atoms with Gasteiger partial charge in [0.25, 0.3) is 5.56 Å². The van der Waals surface area contributed by atoms with Gasteiger partial charge in [-0.3, -0.25) is 14.0 Å². The molecule has 5 nitrogen and oxygen atoms in total. The lowest BCUT2D eigenvalue weighted by molar-refractivity contribution is -0.120. The summed E-state index contributed by atoms with van der Waals surface area (Å²) in [5, 5.41) is 14.7. The fourth-order valence-electron chi connectivity index (χ4n) is 3.28. The highest BCUT2D eigenvalue weighted by Gasteiger charge is 2.16. The molecule has 3 heterocycles. The van der Waals surface area contributed by atoms with Crippen LogP contribution in [-0.2, 0) is 11.2 Å². The van der Waals surface area contributed by atoms with Crippen molar-refractivity contribution in [1.82, 2.24) is 9.72 Å². The summed E-state index contributed by atoms with van der Waals surface area (Å²) in [6.45, 7) is 0.106. The van der Waals surface area contributed by atoms with Crippen LogP contribution in [0.2, 0.25) is 0 Å². The first-order valence-electron chi connectivity index (χ1n) is 8.66. The first kappa shape index (κ1) is 17.5. The van der Waals surface area contributed by atoms with E-state index in [1.54, 1.807) is 21.9 Å². The van der Waals surface area contributed by atoms with E-state index in [0.717, 1.165) is 26.7 Å². The second-order valence-corrected chi connectivity index (χ2v) is 7.16. The number of thiophene rings is 1. The van der Waals surface area contributed by atoms with Gasteiger partial charge in [0, 0.05) is 18.3 Å². The summed E-state index contributed by atoms with van der Waals surface area (Å²) < 4.78 is 2.62. The Morgan fingerprint density at radius 1 is 1.15 bits per heavy atom. The molecule has 0 saturated heterocycles. The second-order valence-electron chi connectivity index (χ2n) is 6.24. The number of amides is 1. The van der Waals surface area contributed by atoms with E-state index < -0.39 is 0 Å². The van der Waals surface area contributed by atoms with Gasteiger partial charge in [-0.05, 0) is 40.1 Å². The lowest BCUT2D eigenvalue weighted by Gasteiger charge is -2.12. The van der Waals surface area contributed by atoms with Gasteiger partial charge >= 0.3 is 0 Å². The Balaban J connectivity index is 1.97. The molecule has 0 aliphatic carbocycles. The molecule has 0 spiro atoms. The summed E-state index contributed by atoms with van der Waals surface area (Å²) in [7, 11) is 0. The third kappa shape index (κ3) is 3.25. The summed E-state index contributed by atoms with van der Waals surface area (Å²) >= 11 is 1.55. The van der Waals surface area contributed by atoms with Crippen molar-refractivity contribution in [2.75, 3.05) is 13.2 Å². The predicted octanol–water partition coefficient (Wildman–Crippen LogP) is 2.83. The smallest absolute Gasteiger partial charge is 0.263 e. The van der Waals surface area contributed by atoms with Crippen molar-refractivity contribution >= 4 is 32.8 Å². The van der Waals surface area contributed by atoms with E-state index in [0.29, 0.717) is 5.56 Å². The minimum atomic E-state index is -0.183. The first-order chi connectivity index (χ1) is 13.2. The molecule has 27 heavy (non-hydrogen) atoms. The van der Waals surface area contributed by atoms with Crippen molar-refractivity contribution in [3.8, 4) is 11.1 Å². The summed E-state index contributed by atoms with van der Waals surface area (Å²) in [6, 6.07) is 15.2. The predicted molar refractivity (Wildman–Crippen MR) is 108 cm³/mol. The monoisotopic (exact) mass is 378 g/mol. The summed E-state index contributed by atoms with van der Waals surface area (Å²) in [5.74, 6) is -0.183. The zero-order valence-electron chi connectivity index (χ0n) is 14.5. The summed E-state index contributed by atoms with van der Waals surface area (Å²) in [6.07, 6.45) is 1.91. The number of nitrogens with one attached hydrogen (secondary N) is 1. The Morgan fingerprint density at radius 2 is 1.96 bits per heavy atom. The largest absolute Gasteiger partial charge is 0.395 e. The number of pyridine rings is 2. The van der Waals surface area contributed by atoms with Crippen LogP contribution in [0.3, 0.4) is 0 Å². The first-order valence-corrected chi connectivity index (χ1v) is 9.54. The molecule has 0 saturated carbocycles. The van der Waals surface area contributed by atoms with Crippen LogP contribution in [0.25, 0.3) is 26.7 Å². The quantitative estimate of drug-likeness (QED) is 0.561. The minimum Gasteiger partial charge on any atom is -0.395 e. The van der Waals surface area contributed by atoms with Crippen LogP contribution in [0.1, 0.15) is 5.56 Å². The van der Waals surface area contributed by atoms with Gasteiger partial charge in [0.1, 0.15) is 0 Å². The number of nitrogens with zero attached hydrogens (tertiary/aromatic N) is 1. The van der Waals surface area contributed by atoms with Crippen LogP contribution in [0.4, 0.5) is 0 Å². The van der Waals surface area contributed by atoms with E-state index in [9.17, 15) is 9.59 Å². The molecule has 0 bridgehead atoms. The highest BCUT2D eigenvalue weighted by atomic mass is 32.1. The zero-order valence-corrected chi connectivity index (χ0v) is 15.3. The Kier molecular flexibility index (Phi) is 4.75. The topological polar surface area (TPSA) is 70.8 Å². The van der Waals surface area contributed by atoms with Gasteiger partial charge in [-0.25, -0.2) is 0 Å². The van der Waals surface area contributed by atoms with Gasteiger partial charge in [0.15, 0.2) is 0 Å². The lowest BCUT2D eigenvalue weighted by Crippen LogP contribution is -2.28. The Labute approximate surface area is 159 Å². The van der Waals surface area contributed by atoms with Gasteiger partial charge < -0.3 is 10.4 Å². The van der Waals surface area contributed by atoms with Crippen molar-refractivity contribution in [2.45, 2.75) is 6.42 Å². The SMILES string of the molecule is O=C(Cc1cc(-c2ccccc2)c(=O)n2ccc3ccsc3c12)NCCO. The van der Waals surface area contributed by atoms with Crippen LogP contribution in [0.5, 0.6) is 0 Å². The molecule has 0 atom stereocenters. The van der Waals surface area contributed by atoms with Gasteiger partial charge in [0.05, 0.1) is 23.2 Å². The van der Waals surface area contributed by atoms with Gasteiger partial charge in [-0.1, -0.05) is 30.3 Å². The maximum absolute atomic E-state index is 13.1. The van der Waals surface area contributed by atoms with Crippen molar-refractivity contribution in [1.29, 1.82) is 0 Å². The molecule has 0 aliphatic rings. The number of carbonyl (C=O) groups excluding carboxylic acids is 1. The van der Waals surface area contributed by atoms with Crippen molar-refractivity contribution in [3.05, 3.63) is 76.0 Å². The molecule has 0 aliphatic heterocycles. The third-order valence-electron chi connectivity index (χ3n) is 4.50. The fraction of sp³-hybridized carbons (Fsp3) is 0.143. The highest BCUT2D eigenvalue weighted by Crippen LogP contribution is 2.29. The number of aliphatic hydroxyl groups is 1. The molecule has 4 aromatic rings. The highest BCUT2D eigenvalue weighted by molar-refractivity contribution is 7.18. The fourth-order valence-corrected chi connectivity index (χ4v) is 4.24. The van der Waals surface area contributed by atoms with E-state index in [2.05, 4.69) is 5.32 Å². The standard InChI is InChI=1S/C21H18N2O3S/c24-10-8-22-18(25)13-16-12-17(14-4-2-1-3-5-14)21(26)23-9-6-15-7-11-27-20(15)19(16)23/h1-7,9,11-12,24H,8,10,13H2,(H,22,25). The van der Waals surface area contributed by atoms with Crippen molar-refractivity contribution < 1.29 is 9.90 Å². The number of fused-ring (bicyclic) bond motifs is 3. The Hall–Kier alpha value is -2.96. The number of aliphatic hydroxyl groups excluding tert-OH is 1. The zero-order chi connectivity index (χ0) is 18.8. The van der Waals surface area contributed by atoms with E-state index in [4.69, 9.17) is 5.11 Å². The van der Waals surface area contributed by atoms with Crippen LogP contribution >= 0.6 is 11.3 Å². The second kappa shape index (κ2) is 7.34. The number of rotatable bonds is 5. The molecule has 136 valence electrons. The molecule has 0 fully saturated rings. The van der Waals surface area contributed by atoms with Crippen LogP contribution in [-0.4, -0.2) is 28.6 Å². The molecule has 1 aromatic carbocycles. The normalized spacial score (nSPS) is 11.1. The maximum Gasteiger partial charge on any atom is 0.263 e. The average molecular weight is 378 g/mol. The number of aromatic nitrogens is 1. The van der Waals surface area contributed by atoms with Crippen LogP contribution in [0.15, 0.2) is 64.9 Å². The molecule has 6 heteroatoms. The van der Waals surface area contributed by atoms with E-state index in [-0.39, 0.29) is 31.0 Å². The van der Waals surface area contributed by atoms with E-state index in [1.165, 1.54) is 0 Å². The third-order valence-corrected chi connectivity index (χ3v) is 5.43. The van der Waals surface area contributed by atoms with Crippen molar-refractivity contribution in [3.63, 3.8) is 0 Å². The van der Waals surface area contributed by atoms with Crippen molar-refractivity contribution in [2.24, 2.45) is 0 Å². The molecule has 0 radical (unpaired) electrons. The van der Waals surface area contributed by atoms with Gasteiger partial charge in [-0.15, -0.1) is 11.3 Å². The molecular formula is C21H18N2O3S. The molecular weight excluding hydrogens is 360 g/mol. The molecule has 4 rings (SSSR count). The number of hydrogen-bond acceptors (Lipinski definition) is 4. The number of hydrogen-bond donors (Lipinski definition) is 2. The minimum absolute atomic E-state index is 0.106. The number of benzene rings is 1. The van der Waals surface area contributed by atoms with Gasteiger partial charge in [-0.2, -0.15) is 0 Å². The Bertz CT molecular complexity index is 1180. The summed E-state index contributed by atoms with van der Waals surface area (Å²) in [4.78, 5) is 25.5. The molecule has 0 unspecified atom stereocenters. The maximum atomic E-state index is 13.1. The van der Waals surface area contributed by atoms with Crippen LogP contribution < -0.4 is 10.9 Å². The van der Waals surface area contributed by atoms with E-state index >= 15 is 0 Å². The van der Waals surface area contributed by atoms with E-state index in [1.807, 2.05) is 53.9 Å². The Morgan fingerprint density at radius 3 is 2.74 bits per heavy atom. The average Bonchev–Trinajstić information content (AvgIpc) is 3.17. The lowest BCUT2D eigenvalue weighted by atomic mass is 10.0. The van der Waals surface area contributed by atoms with Gasteiger partial charge in [0.2, 0.25) is 5.91 Å². The summed E-state index contributed by atoms with van der Waals surface area (Å²) in [5.41, 5.74) is 2.84.